The van der Waals surface area contributed by atoms with Gasteiger partial charge in [-0.1, -0.05) is 0 Å². The van der Waals surface area contributed by atoms with Crippen molar-refractivity contribution < 1.29 is 4.79 Å². The Morgan fingerprint density at radius 2 is 1.90 bits per heavy atom. The first kappa shape index (κ1) is 13.2. The number of urea groups is 1. The van der Waals surface area contributed by atoms with E-state index in [0.717, 1.165) is 17.4 Å². The Balaban J connectivity index is 1.56. The van der Waals surface area contributed by atoms with Crippen molar-refractivity contribution in [1.29, 1.82) is 0 Å². The lowest BCUT2D eigenvalue weighted by atomic mass is 9.97. The van der Waals surface area contributed by atoms with E-state index >= 15 is 0 Å². The Labute approximate surface area is 119 Å². The van der Waals surface area contributed by atoms with E-state index < -0.39 is 6.03 Å². The van der Waals surface area contributed by atoms with Gasteiger partial charge in [-0.05, 0) is 56.5 Å². The van der Waals surface area contributed by atoms with E-state index in [-0.39, 0.29) is 0 Å². The summed E-state index contributed by atoms with van der Waals surface area (Å²) in [6.07, 6.45) is 5.14. The number of anilines is 2. The van der Waals surface area contributed by atoms with Gasteiger partial charge in [0.15, 0.2) is 0 Å². The number of nitrogens with zero attached hydrogens (tertiary/aromatic N) is 1. The Hall–Kier alpha value is -1.75. The maximum atomic E-state index is 10.8. The predicted molar refractivity (Wildman–Crippen MR) is 80.9 cm³/mol. The van der Waals surface area contributed by atoms with Crippen molar-refractivity contribution in [2.75, 3.05) is 23.7 Å². The molecule has 2 fully saturated rings. The number of hydrogen-bond donors (Lipinski definition) is 3. The van der Waals surface area contributed by atoms with Crippen molar-refractivity contribution in [3.05, 3.63) is 24.3 Å². The van der Waals surface area contributed by atoms with Crippen LogP contribution in [0, 0.1) is 0 Å². The number of piperidine rings is 1. The molecule has 4 N–H and O–H groups in total. The average molecular weight is 274 g/mol. The summed E-state index contributed by atoms with van der Waals surface area (Å²) in [6.45, 7) is 2.49. The quantitative estimate of drug-likeness (QED) is 0.791. The van der Waals surface area contributed by atoms with Crippen LogP contribution in [0.1, 0.15) is 25.7 Å². The molecule has 3 rings (SSSR count). The molecule has 0 radical (unpaired) electrons. The third-order valence-corrected chi connectivity index (χ3v) is 4.34. The van der Waals surface area contributed by atoms with E-state index in [4.69, 9.17) is 5.73 Å². The zero-order valence-corrected chi connectivity index (χ0v) is 11.6. The molecule has 0 saturated carbocycles. The first-order valence-corrected chi connectivity index (χ1v) is 7.38. The minimum Gasteiger partial charge on any atom is -0.382 e. The molecule has 20 heavy (non-hydrogen) atoms. The molecule has 2 aliphatic heterocycles. The highest BCUT2D eigenvalue weighted by atomic mass is 16.2. The summed E-state index contributed by atoms with van der Waals surface area (Å²) in [5.74, 6) is 0. The van der Waals surface area contributed by atoms with Crippen molar-refractivity contribution >= 4 is 17.4 Å². The smallest absolute Gasteiger partial charge is 0.316 e. The van der Waals surface area contributed by atoms with E-state index in [2.05, 4.69) is 15.5 Å². The molecule has 0 bridgehead atoms. The highest BCUT2D eigenvalue weighted by molar-refractivity contribution is 5.87. The van der Waals surface area contributed by atoms with E-state index in [0.29, 0.717) is 6.04 Å². The van der Waals surface area contributed by atoms with E-state index in [1.165, 1.54) is 38.8 Å². The van der Waals surface area contributed by atoms with Crippen LogP contribution in [0.4, 0.5) is 16.2 Å². The average Bonchev–Trinajstić information content (AvgIpc) is 2.88. The van der Waals surface area contributed by atoms with Crippen molar-refractivity contribution in [3.63, 3.8) is 0 Å². The van der Waals surface area contributed by atoms with Gasteiger partial charge < -0.3 is 21.3 Å². The largest absolute Gasteiger partial charge is 0.382 e. The van der Waals surface area contributed by atoms with Crippen molar-refractivity contribution in [2.45, 2.75) is 37.8 Å². The van der Waals surface area contributed by atoms with E-state index in [1.54, 1.807) is 0 Å². The van der Waals surface area contributed by atoms with Crippen LogP contribution in [-0.4, -0.2) is 36.1 Å². The van der Waals surface area contributed by atoms with Gasteiger partial charge in [0.05, 0.1) is 0 Å². The summed E-state index contributed by atoms with van der Waals surface area (Å²) in [5, 5.41) is 6.17. The van der Waals surface area contributed by atoms with Gasteiger partial charge in [-0.25, -0.2) is 4.79 Å². The summed E-state index contributed by atoms with van der Waals surface area (Å²) in [6, 6.07) is 8.54. The lowest BCUT2D eigenvalue weighted by molar-refractivity contribution is 0.188. The maximum Gasteiger partial charge on any atom is 0.316 e. The lowest BCUT2D eigenvalue weighted by Gasteiger charge is -2.35. The molecular formula is C15H22N4O. The van der Waals surface area contributed by atoms with E-state index in [9.17, 15) is 4.79 Å². The first-order chi connectivity index (χ1) is 9.70. The molecule has 0 aliphatic carbocycles. The van der Waals surface area contributed by atoms with Crippen LogP contribution in [0.3, 0.4) is 0 Å². The first-order valence-electron chi connectivity index (χ1n) is 7.38. The highest BCUT2D eigenvalue weighted by Crippen LogP contribution is 2.28. The number of primary amides is 1. The van der Waals surface area contributed by atoms with Gasteiger partial charge in [0.2, 0.25) is 0 Å². The Morgan fingerprint density at radius 3 is 2.65 bits per heavy atom. The van der Waals surface area contributed by atoms with Gasteiger partial charge in [0, 0.05) is 30.0 Å². The molecule has 2 saturated heterocycles. The number of nitrogens with two attached hydrogens (primary N) is 1. The molecule has 2 amide bonds. The zero-order chi connectivity index (χ0) is 13.9. The van der Waals surface area contributed by atoms with Gasteiger partial charge in [0.1, 0.15) is 0 Å². The lowest BCUT2D eigenvalue weighted by Crippen LogP contribution is -2.42. The number of benzene rings is 1. The standard InChI is InChI=1S/C15H22N4O/c16-15(20)18-12-5-3-11(4-6-12)17-13-7-9-19-8-1-2-14(19)10-13/h3-6,13-14,17H,1-2,7-10H2,(H3,16,18,20). The summed E-state index contributed by atoms with van der Waals surface area (Å²) in [4.78, 5) is 13.4. The molecule has 1 aromatic rings. The molecule has 5 heteroatoms. The second-order valence-corrected chi connectivity index (χ2v) is 5.76. The fourth-order valence-corrected chi connectivity index (χ4v) is 3.38. The van der Waals surface area contributed by atoms with Crippen LogP contribution in [-0.2, 0) is 0 Å². The SMILES string of the molecule is NC(=O)Nc1ccc(NC2CCN3CCCC3C2)cc1. The monoisotopic (exact) mass is 274 g/mol. The second kappa shape index (κ2) is 5.71. The predicted octanol–water partition coefficient (Wildman–Crippen LogP) is 2.22. The summed E-state index contributed by atoms with van der Waals surface area (Å²) >= 11 is 0. The Kier molecular flexibility index (Phi) is 3.78. The fraction of sp³-hybridized carbons (Fsp3) is 0.533. The van der Waals surface area contributed by atoms with Crippen LogP contribution in [0.5, 0.6) is 0 Å². The number of hydrogen-bond acceptors (Lipinski definition) is 3. The molecule has 0 spiro atoms. The number of rotatable bonds is 3. The topological polar surface area (TPSA) is 70.4 Å². The van der Waals surface area contributed by atoms with Gasteiger partial charge in [-0.3, -0.25) is 0 Å². The molecule has 2 unspecified atom stereocenters. The van der Waals surface area contributed by atoms with Gasteiger partial charge >= 0.3 is 6.03 Å². The van der Waals surface area contributed by atoms with Crippen molar-refractivity contribution in [3.8, 4) is 0 Å². The molecule has 0 aromatic heterocycles. The van der Waals surface area contributed by atoms with Gasteiger partial charge in [-0.15, -0.1) is 0 Å². The van der Waals surface area contributed by atoms with Crippen molar-refractivity contribution in [2.24, 2.45) is 5.73 Å². The molecule has 5 nitrogen and oxygen atoms in total. The van der Waals surface area contributed by atoms with Crippen LogP contribution < -0.4 is 16.4 Å². The molecule has 1 aromatic carbocycles. The molecule has 2 aliphatic rings. The minimum atomic E-state index is -0.528. The van der Waals surface area contributed by atoms with Crippen LogP contribution in [0.15, 0.2) is 24.3 Å². The number of nitrogens with one attached hydrogen (secondary N) is 2. The zero-order valence-electron chi connectivity index (χ0n) is 11.6. The van der Waals surface area contributed by atoms with Crippen LogP contribution in [0.2, 0.25) is 0 Å². The Bertz CT molecular complexity index is 473. The molecular weight excluding hydrogens is 252 g/mol. The van der Waals surface area contributed by atoms with Crippen molar-refractivity contribution in [1.82, 2.24) is 4.90 Å². The third-order valence-electron chi connectivity index (χ3n) is 4.34. The Morgan fingerprint density at radius 1 is 1.15 bits per heavy atom. The summed E-state index contributed by atoms with van der Waals surface area (Å²) < 4.78 is 0. The molecule has 2 atom stereocenters. The van der Waals surface area contributed by atoms with Crippen LogP contribution >= 0.6 is 0 Å². The third kappa shape index (κ3) is 3.04. The van der Waals surface area contributed by atoms with Crippen LogP contribution in [0.25, 0.3) is 0 Å². The normalized spacial score (nSPS) is 26.0. The summed E-state index contributed by atoms with van der Waals surface area (Å²) in [7, 11) is 0. The molecule has 2 heterocycles. The number of fused-ring (bicyclic) bond motifs is 1. The van der Waals surface area contributed by atoms with Gasteiger partial charge in [0.25, 0.3) is 0 Å². The maximum absolute atomic E-state index is 10.8. The molecule has 108 valence electrons. The number of amides is 2. The highest BCUT2D eigenvalue weighted by Gasteiger charge is 2.31. The second-order valence-electron chi connectivity index (χ2n) is 5.76. The van der Waals surface area contributed by atoms with E-state index in [1.807, 2.05) is 24.3 Å². The minimum absolute atomic E-state index is 0.528. The number of carbonyl (C=O) groups is 1. The summed E-state index contributed by atoms with van der Waals surface area (Å²) in [5.41, 5.74) is 6.93. The van der Waals surface area contributed by atoms with Gasteiger partial charge in [-0.2, -0.15) is 0 Å². The number of carbonyl (C=O) groups excluding carboxylic acids is 1. The fourth-order valence-electron chi connectivity index (χ4n) is 3.38.